The number of rotatable bonds is 3. The fraction of sp³-hybridized carbons (Fsp3) is 0.556. The molecular weight excluding hydrogens is 250 g/mol. The van der Waals surface area contributed by atoms with Crippen LogP contribution in [0.2, 0.25) is 0 Å². The fourth-order valence-electron chi connectivity index (χ4n) is 1.81. The van der Waals surface area contributed by atoms with Crippen LogP contribution in [-0.2, 0) is 21.1 Å². The summed E-state index contributed by atoms with van der Waals surface area (Å²) in [6.07, 6.45) is 1.12. The number of nitrogens with zero attached hydrogens (tertiary/aromatic N) is 1. The summed E-state index contributed by atoms with van der Waals surface area (Å²) in [5.74, 6) is -0.737. The lowest BCUT2D eigenvalue weighted by atomic mass is 10.2. The van der Waals surface area contributed by atoms with Gasteiger partial charge in [0.15, 0.2) is 9.84 Å². The molecule has 7 heteroatoms. The maximum atomic E-state index is 11.6. The summed E-state index contributed by atoms with van der Waals surface area (Å²) in [6.45, 7) is 0. The lowest BCUT2D eigenvalue weighted by Crippen LogP contribution is -2.08. The molecule has 1 fully saturated rings. The van der Waals surface area contributed by atoms with Crippen molar-refractivity contribution in [3.05, 3.63) is 16.1 Å². The van der Waals surface area contributed by atoms with E-state index in [0.717, 1.165) is 0 Å². The van der Waals surface area contributed by atoms with Gasteiger partial charge in [-0.25, -0.2) is 13.4 Å². The lowest BCUT2D eigenvalue weighted by Gasteiger charge is -2.04. The summed E-state index contributed by atoms with van der Waals surface area (Å²) < 4.78 is 23.3. The van der Waals surface area contributed by atoms with Crippen LogP contribution in [0.5, 0.6) is 0 Å². The number of aromatic nitrogens is 1. The highest BCUT2D eigenvalue weighted by Crippen LogP contribution is 2.34. The van der Waals surface area contributed by atoms with Crippen LogP contribution in [-0.4, -0.2) is 30.2 Å². The molecule has 0 spiro atoms. The number of aliphatic carboxylic acids is 1. The molecular formula is C9H11NO4S2. The van der Waals surface area contributed by atoms with Crippen molar-refractivity contribution in [2.45, 2.75) is 24.5 Å². The maximum absolute atomic E-state index is 11.6. The summed E-state index contributed by atoms with van der Waals surface area (Å²) in [4.78, 5) is 14.6. The van der Waals surface area contributed by atoms with E-state index < -0.39 is 21.1 Å². The second-order valence-electron chi connectivity index (χ2n) is 3.73. The molecule has 0 amide bonds. The van der Waals surface area contributed by atoms with E-state index in [1.54, 1.807) is 5.38 Å². The van der Waals surface area contributed by atoms with Gasteiger partial charge in [-0.15, -0.1) is 11.3 Å². The standard InChI is InChI=1S/C9H11NO4S2/c11-9(12)4-8-10-6(5-15-8)7-2-1-3-16(7,13)14/h5,7H,1-4H2,(H,11,12). The van der Waals surface area contributed by atoms with Crippen molar-refractivity contribution in [2.24, 2.45) is 0 Å². The molecule has 16 heavy (non-hydrogen) atoms. The van der Waals surface area contributed by atoms with Gasteiger partial charge >= 0.3 is 5.97 Å². The highest BCUT2D eigenvalue weighted by molar-refractivity contribution is 7.91. The minimum absolute atomic E-state index is 0.141. The zero-order valence-electron chi connectivity index (χ0n) is 8.42. The Morgan fingerprint density at radius 3 is 2.94 bits per heavy atom. The van der Waals surface area contributed by atoms with E-state index in [1.165, 1.54) is 11.3 Å². The number of sulfone groups is 1. The van der Waals surface area contributed by atoms with Crippen LogP contribution in [0.3, 0.4) is 0 Å². The zero-order valence-corrected chi connectivity index (χ0v) is 10.1. The van der Waals surface area contributed by atoms with Crippen molar-refractivity contribution < 1.29 is 18.3 Å². The summed E-state index contributed by atoms with van der Waals surface area (Å²) in [7, 11) is -3.06. The van der Waals surface area contributed by atoms with Crippen molar-refractivity contribution in [2.75, 3.05) is 5.75 Å². The quantitative estimate of drug-likeness (QED) is 0.878. The van der Waals surface area contributed by atoms with Gasteiger partial charge in [-0.2, -0.15) is 0 Å². The SMILES string of the molecule is O=C(O)Cc1nc(C2CCCS2(=O)=O)cs1. The Morgan fingerprint density at radius 1 is 1.62 bits per heavy atom. The molecule has 1 unspecified atom stereocenters. The minimum Gasteiger partial charge on any atom is -0.481 e. The number of carboxylic acid groups (broad SMARTS) is 1. The van der Waals surface area contributed by atoms with Crippen molar-refractivity contribution in [1.82, 2.24) is 4.98 Å². The molecule has 88 valence electrons. The minimum atomic E-state index is -3.06. The number of carboxylic acids is 1. The number of thiazole rings is 1. The van der Waals surface area contributed by atoms with Crippen LogP contribution >= 0.6 is 11.3 Å². The molecule has 1 aromatic heterocycles. The molecule has 1 aromatic rings. The van der Waals surface area contributed by atoms with Crippen molar-refractivity contribution in [1.29, 1.82) is 0 Å². The molecule has 0 aliphatic carbocycles. The Balaban J connectivity index is 2.22. The van der Waals surface area contributed by atoms with Crippen LogP contribution in [0.1, 0.15) is 28.8 Å². The molecule has 0 aromatic carbocycles. The smallest absolute Gasteiger partial charge is 0.310 e. The van der Waals surface area contributed by atoms with E-state index in [-0.39, 0.29) is 12.2 Å². The average molecular weight is 261 g/mol. The van der Waals surface area contributed by atoms with Gasteiger partial charge in [0.1, 0.15) is 10.3 Å². The molecule has 2 heterocycles. The third-order valence-corrected chi connectivity index (χ3v) is 5.60. The molecule has 1 aliphatic heterocycles. The van der Waals surface area contributed by atoms with E-state index in [4.69, 9.17) is 5.11 Å². The lowest BCUT2D eigenvalue weighted by molar-refractivity contribution is -0.136. The van der Waals surface area contributed by atoms with E-state index in [9.17, 15) is 13.2 Å². The van der Waals surface area contributed by atoms with Crippen molar-refractivity contribution >= 4 is 27.1 Å². The summed E-state index contributed by atoms with van der Waals surface area (Å²) >= 11 is 1.21. The molecule has 5 nitrogen and oxygen atoms in total. The number of hydrogen-bond donors (Lipinski definition) is 1. The maximum Gasteiger partial charge on any atom is 0.310 e. The van der Waals surface area contributed by atoms with Crippen LogP contribution in [0.15, 0.2) is 5.38 Å². The van der Waals surface area contributed by atoms with Gasteiger partial charge in [0, 0.05) is 5.38 Å². The van der Waals surface area contributed by atoms with Gasteiger partial charge in [0.2, 0.25) is 0 Å². The fourth-order valence-corrected chi connectivity index (χ4v) is 4.60. The van der Waals surface area contributed by atoms with Gasteiger partial charge < -0.3 is 5.11 Å². The molecule has 0 saturated carbocycles. The topological polar surface area (TPSA) is 84.3 Å². The average Bonchev–Trinajstić information content (AvgIpc) is 2.70. The van der Waals surface area contributed by atoms with Gasteiger partial charge in [-0.3, -0.25) is 4.79 Å². The van der Waals surface area contributed by atoms with Gasteiger partial charge in [-0.1, -0.05) is 0 Å². The van der Waals surface area contributed by atoms with Crippen LogP contribution in [0.25, 0.3) is 0 Å². The summed E-state index contributed by atoms with van der Waals surface area (Å²) in [5.41, 5.74) is 0.513. The molecule has 1 N–H and O–H groups in total. The summed E-state index contributed by atoms with van der Waals surface area (Å²) in [6, 6.07) is 0. The largest absolute Gasteiger partial charge is 0.481 e. The second kappa shape index (κ2) is 4.14. The second-order valence-corrected chi connectivity index (χ2v) is 6.98. The predicted molar refractivity (Wildman–Crippen MR) is 59.2 cm³/mol. The van der Waals surface area contributed by atoms with Crippen LogP contribution in [0.4, 0.5) is 0 Å². The molecule has 1 atom stereocenters. The van der Waals surface area contributed by atoms with Crippen molar-refractivity contribution in [3.8, 4) is 0 Å². The third kappa shape index (κ3) is 2.25. The number of carbonyl (C=O) groups is 1. The van der Waals surface area contributed by atoms with E-state index in [2.05, 4.69) is 4.98 Å². The first-order chi connectivity index (χ1) is 7.49. The first-order valence-corrected chi connectivity index (χ1v) is 7.46. The van der Waals surface area contributed by atoms with Crippen LogP contribution < -0.4 is 0 Å². The molecule has 2 rings (SSSR count). The van der Waals surface area contributed by atoms with E-state index >= 15 is 0 Å². The Bertz CT molecular complexity index is 505. The zero-order chi connectivity index (χ0) is 11.8. The highest BCUT2D eigenvalue weighted by Gasteiger charge is 2.34. The number of hydrogen-bond acceptors (Lipinski definition) is 5. The third-order valence-electron chi connectivity index (χ3n) is 2.53. The molecule has 0 radical (unpaired) electrons. The van der Waals surface area contributed by atoms with E-state index in [0.29, 0.717) is 23.5 Å². The van der Waals surface area contributed by atoms with Gasteiger partial charge in [0.05, 0.1) is 17.9 Å². The summed E-state index contributed by atoms with van der Waals surface area (Å²) in [5, 5.41) is 10.2. The first-order valence-electron chi connectivity index (χ1n) is 4.87. The molecule has 0 bridgehead atoms. The monoisotopic (exact) mass is 261 g/mol. The molecule has 1 aliphatic rings. The van der Waals surface area contributed by atoms with E-state index in [1.807, 2.05) is 0 Å². The Morgan fingerprint density at radius 2 is 2.38 bits per heavy atom. The predicted octanol–water partition coefficient (Wildman–Crippen LogP) is 1.02. The highest BCUT2D eigenvalue weighted by atomic mass is 32.2. The Labute approximate surface area is 97.1 Å². The first kappa shape index (κ1) is 11.5. The van der Waals surface area contributed by atoms with Gasteiger partial charge in [0.25, 0.3) is 0 Å². The normalized spacial score (nSPS) is 23.4. The molecule has 1 saturated heterocycles. The van der Waals surface area contributed by atoms with Crippen molar-refractivity contribution in [3.63, 3.8) is 0 Å². The van der Waals surface area contributed by atoms with Crippen LogP contribution in [0, 0.1) is 0 Å². The Kier molecular flexibility index (Phi) is 2.98. The Hall–Kier alpha value is -0.950. The van der Waals surface area contributed by atoms with Gasteiger partial charge in [-0.05, 0) is 12.8 Å².